The highest BCUT2D eigenvalue weighted by molar-refractivity contribution is 7.26. The van der Waals surface area contributed by atoms with E-state index in [9.17, 15) is 0 Å². The Labute approximate surface area is 402 Å². The fraction of sp³-hybridized carbons (Fsp3) is 0.238. The number of hydrogen-bond acceptors (Lipinski definition) is 3. The van der Waals surface area contributed by atoms with E-state index in [-0.39, 0.29) is 28.5 Å². The predicted octanol–water partition coefficient (Wildman–Crippen LogP) is 16.2. The van der Waals surface area contributed by atoms with Crippen molar-refractivity contribution in [2.75, 3.05) is 4.81 Å². The van der Waals surface area contributed by atoms with E-state index < -0.39 is 0 Å². The molecule has 68 heavy (non-hydrogen) atoms. The van der Waals surface area contributed by atoms with Crippen LogP contribution in [0.1, 0.15) is 103 Å². The summed E-state index contributed by atoms with van der Waals surface area (Å²) in [5.74, 6) is 0. The van der Waals surface area contributed by atoms with E-state index in [1.807, 2.05) is 11.3 Å². The third kappa shape index (κ3) is 4.91. The molecular weight excluding hydrogens is 844 g/mol. The van der Waals surface area contributed by atoms with Crippen LogP contribution >= 0.6 is 11.3 Å². The highest BCUT2D eigenvalue weighted by Gasteiger charge is 2.46. The zero-order valence-electron chi connectivity index (χ0n) is 40.4. The summed E-state index contributed by atoms with van der Waals surface area (Å²) >= 11 is 1.92. The summed E-state index contributed by atoms with van der Waals surface area (Å²) in [5.41, 5.74) is 23.3. The van der Waals surface area contributed by atoms with Crippen molar-refractivity contribution < 1.29 is 4.42 Å². The minimum atomic E-state index is -0.122. The van der Waals surface area contributed by atoms with Crippen LogP contribution in [0.2, 0.25) is 0 Å². The van der Waals surface area contributed by atoms with Crippen LogP contribution in [-0.2, 0) is 21.7 Å². The van der Waals surface area contributed by atoms with Gasteiger partial charge in [-0.2, -0.15) is 0 Å². The van der Waals surface area contributed by atoms with Crippen molar-refractivity contribution in [3.63, 3.8) is 0 Å². The molecule has 0 spiro atoms. The number of anilines is 2. The number of nitrogens with zero attached hydrogens (tertiary/aromatic N) is 2. The third-order valence-electron chi connectivity index (χ3n) is 17.4. The van der Waals surface area contributed by atoms with Crippen molar-refractivity contribution in [2.24, 2.45) is 0 Å². The fourth-order valence-corrected chi connectivity index (χ4v) is 14.7. The second-order valence-electron chi connectivity index (χ2n) is 23.5. The summed E-state index contributed by atoms with van der Waals surface area (Å²) in [6.07, 6.45) is 2.34. The van der Waals surface area contributed by atoms with Gasteiger partial charge >= 0.3 is 6.85 Å². The van der Waals surface area contributed by atoms with Gasteiger partial charge in [0.15, 0.2) is 0 Å². The van der Waals surface area contributed by atoms with Crippen LogP contribution < -0.4 is 15.7 Å². The molecule has 15 rings (SSSR count). The van der Waals surface area contributed by atoms with E-state index >= 15 is 0 Å². The first-order valence-electron chi connectivity index (χ1n) is 24.7. The number of furan rings is 1. The van der Waals surface area contributed by atoms with Crippen molar-refractivity contribution in [1.82, 2.24) is 4.57 Å². The van der Waals surface area contributed by atoms with Crippen molar-refractivity contribution in [2.45, 2.75) is 96.8 Å². The van der Waals surface area contributed by atoms with E-state index in [0.717, 1.165) is 11.2 Å². The largest absolute Gasteiger partial charge is 0.456 e. The van der Waals surface area contributed by atoms with Gasteiger partial charge in [0.1, 0.15) is 11.2 Å². The van der Waals surface area contributed by atoms with Crippen molar-refractivity contribution in [3.05, 3.63) is 161 Å². The Kier molecular flexibility index (Phi) is 7.28. The van der Waals surface area contributed by atoms with E-state index in [1.54, 1.807) is 0 Å². The van der Waals surface area contributed by atoms with Crippen molar-refractivity contribution >= 4 is 104 Å². The predicted molar refractivity (Wildman–Crippen MR) is 292 cm³/mol. The van der Waals surface area contributed by atoms with Gasteiger partial charge in [-0.1, -0.05) is 135 Å². The molecule has 0 fully saturated rings. The lowest BCUT2D eigenvalue weighted by Gasteiger charge is -2.42. The number of aromatic nitrogens is 1. The Bertz CT molecular complexity index is 4110. The summed E-state index contributed by atoms with van der Waals surface area (Å²) in [6, 6.07) is 52.4. The molecule has 0 atom stereocenters. The van der Waals surface area contributed by atoms with E-state index in [1.165, 1.54) is 144 Å². The zero-order chi connectivity index (χ0) is 46.1. The first-order chi connectivity index (χ1) is 32.6. The van der Waals surface area contributed by atoms with Gasteiger partial charge in [-0.15, -0.1) is 11.3 Å². The van der Waals surface area contributed by atoms with Gasteiger partial charge in [-0.3, -0.25) is 0 Å². The molecule has 0 N–H and O–H groups in total. The van der Waals surface area contributed by atoms with Crippen molar-refractivity contribution in [3.8, 4) is 27.9 Å². The maximum Gasteiger partial charge on any atom is 0.333 e. The lowest BCUT2D eigenvalue weighted by molar-refractivity contribution is 0.332. The van der Waals surface area contributed by atoms with Crippen LogP contribution in [0.15, 0.2) is 138 Å². The summed E-state index contributed by atoms with van der Waals surface area (Å²) < 4.78 is 12.4. The Morgan fingerprint density at radius 2 is 1.25 bits per heavy atom. The van der Waals surface area contributed by atoms with Gasteiger partial charge in [-0.25, -0.2) is 0 Å². The SMILES string of the molecule is CC(C)(C)c1ccc(N2B3c4cc5c(cc4-n4c6cc7c(cc6c6ccc(c3c64)-c3cc4oc6cc8c(cc6c4cc32)C(C)(C)CCC8(C)C)-c2ccccc2C7(C)C)sc2ccccc25)cc1. The van der Waals surface area contributed by atoms with Gasteiger partial charge in [0, 0.05) is 69.8 Å². The van der Waals surface area contributed by atoms with Crippen LogP contribution in [0.3, 0.4) is 0 Å². The Morgan fingerprint density at radius 3 is 2.04 bits per heavy atom. The van der Waals surface area contributed by atoms with Crippen LogP contribution in [0.5, 0.6) is 0 Å². The molecule has 2 aliphatic heterocycles. The van der Waals surface area contributed by atoms with Crippen molar-refractivity contribution in [1.29, 1.82) is 0 Å². The quantitative estimate of drug-likeness (QED) is 0.153. The van der Waals surface area contributed by atoms with Gasteiger partial charge in [0.25, 0.3) is 0 Å². The molecule has 0 radical (unpaired) electrons. The minimum Gasteiger partial charge on any atom is -0.456 e. The maximum atomic E-state index is 7.06. The smallest absolute Gasteiger partial charge is 0.333 e. The molecule has 3 nitrogen and oxygen atoms in total. The molecule has 5 heterocycles. The molecule has 0 saturated heterocycles. The first-order valence-corrected chi connectivity index (χ1v) is 25.5. The van der Waals surface area contributed by atoms with Crippen LogP contribution in [0.25, 0.3) is 91.9 Å². The van der Waals surface area contributed by atoms with Crippen LogP contribution in [0, 0.1) is 0 Å². The van der Waals surface area contributed by atoms with E-state index in [0.29, 0.717) is 0 Å². The monoisotopic (exact) mass is 896 g/mol. The molecule has 5 heteroatoms. The normalized spacial score (nSPS) is 17.1. The highest BCUT2D eigenvalue weighted by atomic mass is 32.1. The number of benzene rings is 8. The summed E-state index contributed by atoms with van der Waals surface area (Å²) in [6.45, 7) is 21.3. The number of rotatable bonds is 1. The standard InChI is InChI=1S/C63H53BN2OS/c1-60(2,3)34-18-20-35(21-19-34)66-52-29-44-43-27-48-49(62(6,7)25-24-61(48,4)5)32-55(43)67-54(44)30-42(52)38-22-23-39-41-26-40-36-14-10-12-16-46(36)63(8,9)47(40)31-51(41)65-53-33-57-45(37-15-11-13-17-56(37)68-57)28-50(53)64(66)58(38)59(39)65/h10-23,26-33H,24-25H2,1-9H3. The molecule has 2 aliphatic carbocycles. The molecule has 11 aromatic rings. The Hall–Kier alpha value is -6.56. The maximum absolute atomic E-state index is 7.06. The first kappa shape index (κ1) is 39.4. The molecule has 4 aliphatic rings. The third-order valence-corrected chi connectivity index (χ3v) is 18.5. The van der Waals surface area contributed by atoms with E-state index in [4.69, 9.17) is 4.42 Å². The fourth-order valence-electron chi connectivity index (χ4n) is 13.5. The number of thiophene rings is 1. The Morgan fingerprint density at radius 1 is 0.529 bits per heavy atom. The number of hydrogen-bond donors (Lipinski definition) is 0. The molecule has 3 aromatic heterocycles. The van der Waals surface area contributed by atoms with Crippen LogP contribution in [-0.4, -0.2) is 11.4 Å². The molecule has 0 bridgehead atoms. The van der Waals surface area contributed by atoms with Gasteiger partial charge < -0.3 is 13.8 Å². The second-order valence-corrected chi connectivity index (χ2v) is 24.6. The highest BCUT2D eigenvalue weighted by Crippen LogP contribution is 2.54. The molecule has 0 amide bonds. The second kappa shape index (κ2) is 12.6. The molecule has 0 unspecified atom stereocenters. The lowest BCUT2D eigenvalue weighted by atomic mass is 9.44. The molecule has 330 valence electrons. The van der Waals surface area contributed by atoms with Gasteiger partial charge in [0.2, 0.25) is 0 Å². The number of fused-ring (bicyclic) bond motifs is 18. The zero-order valence-corrected chi connectivity index (χ0v) is 41.2. The van der Waals surface area contributed by atoms with Gasteiger partial charge in [-0.05, 0) is 145 Å². The average Bonchev–Trinajstić information content (AvgIpc) is 4.03. The van der Waals surface area contributed by atoms with Gasteiger partial charge in [0.05, 0.1) is 11.0 Å². The Balaban J connectivity index is 1.09. The average molecular weight is 897 g/mol. The molecule has 8 aromatic carbocycles. The van der Waals surface area contributed by atoms with E-state index in [2.05, 4.69) is 205 Å². The summed E-state index contributed by atoms with van der Waals surface area (Å²) in [5, 5.41) is 7.67. The van der Waals surface area contributed by atoms with Crippen LogP contribution in [0.4, 0.5) is 11.4 Å². The summed E-state index contributed by atoms with van der Waals surface area (Å²) in [7, 11) is 0. The molecule has 0 saturated carbocycles. The minimum absolute atomic E-state index is 0.0276. The topological polar surface area (TPSA) is 21.3 Å². The lowest BCUT2D eigenvalue weighted by Crippen LogP contribution is -2.60. The summed E-state index contributed by atoms with van der Waals surface area (Å²) in [4.78, 5) is 2.70. The molecular formula is C63H53BN2OS.